The zero-order valence-electron chi connectivity index (χ0n) is 11.0. The molecule has 4 N–H and O–H groups in total. The second-order valence-corrected chi connectivity index (χ2v) is 4.73. The van der Waals surface area contributed by atoms with Crippen LogP contribution in [-0.2, 0) is 0 Å². The molecule has 4 heteroatoms. The predicted molar refractivity (Wildman–Crippen MR) is 73.8 cm³/mol. The van der Waals surface area contributed by atoms with Crippen LogP contribution in [0.2, 0.25) is 0 Å². The summed E-state index contributed by atoms with van der Waals surface area (Å²) in [5.41, 5.74) is 9.24. The lowest BCUT2D eigenvalue weighted by Crippen LogP contribution is -2.38. The molecule has 0 aliphatic heterocycles. The first-order valence-electron chi connectivity index (χ1n) is 6.13. The van der Waals surface area contributed by atoms with E-state index in [0.29, 0.717) is 6.54 Å². The first-order chi connectivity index (χ1) is 8.54. The second kappa shape index (κ2) is 4.82. The second-order valence-electron chi connectivity index (χ2n) is 4.73. The lowest BCUT2D eigenvalue weighted by atomic mass is 10.1. The molecule has 0 saturated heterocycles. The molecular formula is C14H19N3O. The summed E-state index contributed by atoms with van der Waals surface area (Å²) in [6, 6.07) is 5.96. The predicted octanol–water partition coefficient (Wildman–Crippen LogP) is 1.86. The number of fused-ring (bicyclic) bond motifs is 1. The Hall–Kier alpha value is -1.81. The topological polar surface area (TPSA) is 70.9 Å². The van der Waals surface area contributed by atoms with Gasteiger partial charge in [-0.3, -0.25) is 4.79 Å². The first-order valence-corrected chi connectivity index (χ1v) is 6.13. The maximum Gasteiger partial charge on any atom is 0.253 e. The minimum Gasteiger partial charge on any atom is -0.358 e. The molecule has 2 rings (SSSR count). The highest BCUT2D eigenvalue weighted by atomic mass is 16.1. The maximum absolute atomic E-state index is 12.3. The first kappa shape index (κ1) is 12.6. The number of aromatic nitrogens is 1. The average Bonchev–Trinajstić information content (AvgIpc) is 2.66. The minimum absolute atomic E-state index is 0.0223. The van der Waals surface area contributed by atoms with E-state index in [2.05, 4.69) is 10.3 Å². The highest BCUT2D eigenvalue weighted by Gasteiger charge is 2.18. The zero-order valence-corrected chi connectivity index (χ0v) is 11.0. The van der Waals surface area contributed by atoms with Crippen molar-refractivity contribution in [2.24, 2.45) is 5.73 Å². The largest absolute Gasteiger partial charge is 0.358 e. The fraction of sp³-hybridized carbons (Fsp3) is 0.357. The lowest BCUT2D eigenvalue weighted by molar-refractivity contribution is 0.0942. The summed E-state index contributed by atoms with van der Waals surface area (Å²) < 4.78 is 0. The van der Waals surface area contributed by atoms with Crippen LogP contribution in [0.25, 0.3) is 10.9 Å². The summed E-state index contributed by atoms with van der Waals surface area (Å²) in [6.45, 7) is 6.27. The quantitative estimate of drug-likeness (QED) is 0.772. The van der Waals surface area contributed by atoms with Crippen molar-refractivity contribution >= 4 is 16.8 Å². The standard InChI is InChI=1S/C14H19N3O/c1-8-5-4-6-11-12(8)13(10(3)17-11)14(18)16-9(2)7-15/h4-6,9,17H,7,15H2,1-3H3,(H,16,18). The molecule has 0 fully saturated rings. The van der Waals surface area contributed by atoms with Gasteiger partial charge in [0.25, 0.3) is 5.91 Å². The van der Waals surface area contributed by atoms with Gasteiger partial charge in [0.15, 0.2) is 0 Å². The highest BCUT2D eigenvalue weighted by Crippen LogP contribution is 2.25. The Morgan fingerprint density at radius 3 is 2.83 bits per heavy atom. The van der Waals surface area contributed by atoms with E-state index in [-0.39, 0.29) is 11.9 Å². The third-order valence-electron chi connectivity index (χ3n) is 3.18. The summed E-state index contributed by atoms with van der Waals surface area (Å²) in [7, 11) is 0. The number of aryl methyl sites for hydroxylation is 2. The van der Waals surface area contributed by atoms with Crippen LogP contribution >= 0.6 is 0 Å². The molecule has 96 valence electrons. The Balaban J connectivity index is 2.50. The summed E-state index contributed by atoms with van der Waals surface area (Å²) in [6.07, 6.45) is 0. The van der Waals surface area contributed by atoms with E-state index in [9.17, 15) is 4.79 Å². The highest BCUT2D eigenvalue weighted by molar-refractivity contribution is 6.09. The normalized spacial score (nSPS) is 12.7. The Morgan fingerprint density at radius 2 is 2.17 bits per heavy atom. The Labute approximate surface area is 107 Å². The third-order valence-corrected chi connectivity index (χ3v) is 3.18. The van der Waals surface area contributed by atoms with E-state index in [0.717, 1.165) is 27.7 Å². The van der Waals surface area contributed by atoms with Crippen LogP contribution < -0.4 is 11.1 Å². The number of rotatable bonds is 3. The molecule has 0 saturated carbocycles. The molecular weight excluding hydrogens is 226 g/mol. The van der Waals surface area contributed by atoms with Gasteiger partial charge in [-0.1, -0.05) is 12.1 Å². The van der Waals surface area contributed by atoms with Crippen molar-refractivity contribution in [3.8, 4) is 0 Å². The fourth-order valence-corrected chi connectivity index (χ4v) is 2.19. The molecule has 1 atom stereocenters. The van der Waals surface area contributed by atoms with Crippen molar-refractivity contribution in [2.45, 2.75) is 26.8 Å². The Morgan fingerprint density at radius 1 is 1.44 bits per heavy atom. The molecule has 0 aliphatic carbocycles. The average molecular weight is 245 g/mol. The number of carbonyl (C=O) groups excluding carboxylic acids is 1. The number of hydrogen-bond donors (Lipinski definition) is 3. The van der Waals surface area contributed by atoms with Gasteiger partial charge < -0.3 is 16.0 Å². The Bertz CT molecular complexity index is 586. The smallest absolute Gasteiger partial charge is 0.253 e. The van der Waals surface area contributed by atoms with Crippen LogP contribution in [0.5, 0.6) is 0 Å². The monoisotopic (exact) mass is 245 g/mol. The van der Waals surface area contributed by atoms with Crippen LogP contribution in [0.4, 0.5) is 0 Å². The number of hydrogen-bond acceptors (Lipinski definition) is 2. The molecule has 1 aromatic carbocycles. The molecule has 0 radical (unpaired) electrons. The Kier molecular flexibility index (Phi) is 3.39. The van der Waals surface area contributed by atoms with Gasteiger partial charge in [-0.15, -0.1) is 0 Å². The van der Waals surface area contributed by atoms with Crippen LogP contribution in [-0.4, -0.2) is 23.5 Å². The summed E-state index contributed by atoms with van der Waals surface area (Å²) in [5.74, 6) is -0.0639. The summed E-state index contributed by atoms with van der Waals surface area (Å²) in [4.78, 5) is 15.5. The van der Waals surface area contributed by atoms with Crippen molar-refractivity contribution in [1.29, 1.82) is 0 Å². The number of H-pyrrole nitrogens is 1. The van der Waals surface area contributed by atoms with Gasteiger partial charge in [0.1, 0.15) is 0 Å². The lowest BCUT2D eigenvalue weighted by Gasteiger charge is -2.11. The van der Waals surface area contributed by atoms with Crippen LogP contribution in [0, 0.1) is 13.8 Å². The molecule has 1 unspecified atom stereocenters. The molecule has 0 spiro atoms. The van der Waals surface area contributed by atoms with E-state index in [4.69, 9.17) is 5.73 Å². The molecule has 18 heavy (non-hydrogen) atoms. The molecule has 0 aliphatic rings. The number of nitrogens with two attached hydrogens (primary N) is 1. The molecule has 1 amide bonds. The number of aromatic amines is 1. The number of benzene rings is 1. The van der Waals surface area contributed by atoms with E-state index in [1.54, 1.807) is 0 Å². The van der Waals surface area contributed by atoms with Crippen molar-refractivity contribution < 1.29 is 4.79 Å². The molecule has 1 aromatic heterocycles. The molecule has 1 heterocycles. The van der Waals surface area contributed by atoms with E-state index in [1.165, 1.54) is 0 Å². The van der Waals surface area contributed by atoms with Crippen molar-refractivity contribution in [2.75, 3.05) is 6.54 Å². The molecule has 2 aromatic rings. The van der Waals surface area contributed by atoms with E-state index < -0.39 is 0 Å². The minimum atomic E-state index is -0.0639. The SMILES string of the molecule is Cc1[nH]c2cccc(C)c2c1C(=O)NC(C)CN. The summed E-state index contributed by atoms with van der Waals surface area (Å²) in [5, 5.41) is 3.91. The molecule has 0 bridgehead atoms. The summed E-state index contributed by atoms with van der Waals surface area (Å²) >= 11 is 0. The van der Waals surface area contributed by atoms with Crippen LogP contribution in [0.1, 0.15) is 28.5 Å². The van der Waals surface area contributed by atoms with E-state index >= 15 is 0 Å². The van der Waals surface area contributed by atoms with Gasteiger partial charge in [-0.25, -0.2) is 0 Å². The van der Waals surface area contributed by atoms with Gasteiger partial charge in [-0.2, -0.15) is 0 Å². The number of carbonyl (C=O) groups is 1. The van der Waals surface area contributed by atoms with Crippen molar-refractivity contribution in [3.05, 3.63) is 35.0 Å². The number of amides is 1. The maximum atomic E-state index is 12.3. The van der Waals surface area contributed by atoms with Gasteiger partial charge in [-0.05, 0) is 32.4 Å². The number of nitrogens with one attached hydrogen (secondary N) is 2. The van der Waals surface area contributed by atoms with Crippen molar-refractivity contribution in [3.63, 3.8) is 0 Å². The van der Waals surface area contributed by atoms with E-state index in [1.807, 2.05) is 39.0 Å². The zero-order chi connectivity index (χ0) is 13.3. The van der Waals surface area contributed by atoms with Gasteiger partial charge in [0, 0.05) is 29.2 Å². The molecule has 4 nitrogen and oxygen atoms in total. The van der Waals surface area contributed by atoms with Crippen LogP contribution in [0.3, 0.4) is 0 Å². The van der Waals surface area contributed by atoms with Gasteiger partial charge in [0.2, 0.25) is 0 Å². The van der Waals surface area contributed by atoms with Crippen LogP contribution in [0.15, 0.2) is 18.2 Å². The fourth-order valence-electron chi connectivity index (χ4n) is 2.19. The third kappa shape index (κ3) is 2.11. The van der Waals surface area contributed by atoms with Gasteiger partial charge >= 0.3 is 0 Å². The van der Waals surface area contributed by atoms with Crippen molar-refractivity contribution in [1.82, 2.24) is 10.3 Å². The van der Waals surface area contributed by atoms with Gasteiger partial charge in [0.05, 0.1) is 5.56 Å².